The van der Waals surface area contributed by atoms with E-state index >= 15 is 0 Å². The normalized spacial score (nSPS) is 14.8. The maximum atomic E-state index is 12.4. The van der Waals surface area contributed by atoms with Crippen molar-refractivity contribution in [2.45, 2.75) is 89.5 Å². The van der Waals surface area contributed by atoms with Crippen LogP contribution in [0.3, 0.4) is 0 Å². The second kappa shape index (κ2) is 29.6. The third-order valence-corrected chi connectivity index (χ3v) is 17.0. The summed E-state index contributed by atoms with van der Waals surface area (Å²) in [7, 11) is -19.5. The molecule has 10 rings (SSSR count). The summed E-state index contributed by atoms with van der Waals surface area (Å²) in [5.74, 6) is 0.445. The van der Waals surface area contributed by atoms with Gasteiger partial charge >= 0.3 is 59.1 Å². The molecule has 5 aliphatic rings. The van der Waals surface area contributed by atoms with Crippen LogP contribution >= 0.6 is 0 Å². The first-order valence-electron chi connectivity index (χ1n) is 26.7. The SMILES string of the molecule is CC.CC1=CC(S(=O)(=O)[O-])=CC(C)C1N=c1ccc2c(-c3ccccc3S(=O)(=O)[O-])c3ccc(Nc4c(C)cccc4C)cc3oc-2c1.CCN.CCN=c1ccc2c(-c3ccc(S(=O)(=O)[O-])cc3S(=O)(=O)[O-])c3ccc(CC)cc3oc-2c1.[Na+].[Na+]. The zero-order valence-electron chi connectivity index (χ0n) is 49.5. The number of hydrogen-bond donors (Lipinski definition) is 2. The molecule has 24 heteroatoms. The fourth-order valence-electron chi connectivity index (χ4n) is 9.82. The summed E-state index contributed by atoms with van der Waals surface area (Å²) in [6.07, 6.45) is 3.49. The Morgan fingerprint density at radius 3 is 1.63 bits per heavy atom. The number of allylic oxidation sites excluding steroid dienone is 1. The Morgan fingerprint density at radius 2 is 1.09 bits per heavy atom. The molecule has 2 heterocycles. The first-order chi connectivity index (χ1) is 39.6. The van der Waals surface area contributed by atoms with Gasteiger partial charge in [0.1, 0.15) is 63.2 Å². The number of nitrogens with two attached hydrogens (primary N) is 1. The fraction of sp³-hybridized carbons (Fsp3) is 0.226. The first-order valence-corrected chi connectivity index (χ1v) is 32.3. The Balaban J connectivity index is 0.000000299. The minimum atomic E-state index is -5.13. The van der Waals surface area contributed by atoms with Crippen LogP contribution in [0.2, 0.25) is 0 Å². The molecule has 3 aliphatic carbocycles. The average molecular weight is 1260 g/mol. The van der Waals surface area contributed by atoms with Crippen molar-refractivity contribution in [2.75, 3.05) is 18.4 Å². The molecule has 18 nitrogen and oxygen atoms in total. The number of fused-ring (bicyclic) bond motifs is 4. The van der Waals surface area contributed by atoms with Crippen molar-refractivity contribution in [3.8, 4) is 44.9 Å². The van der Waals surface area contributed by atoms with Gasteiger partial charge in [-0.3, -0.25) is 9.98 Å². The van der Waals surface area contributed by atoms with Crippen molar-refractivity contribution in [1.82, 2.24) is 0 Å². The standard InChI is InChI=1S/C35H32N2O7S2.C23H21NO7S2.C2H7N.C2H6.2Na/c1-20-8-7-9-21(2)34(20)36-24-12-14-27-30(18-24)44-31-19-25(37-35-22(3)16-26(17-23(35)4)45(38,39)40)13-15-28(31)33(27)29-10-5-6-11-32(29)46(41,42)43;1-3-14-5-8-17-20(11-14)31-21-12-15(24-4-2)6-9-18(21)23(17)19-10-7-16(32(25,26)27)13-22(19)33(28,29)30;1-2-3;1-2;;/h5-19,22,35-36H,1-4H3,(H,38,39,40)(H,41,42,43);5-13H,3-4H2,1-2H3,(H,25,26,27)(H,28,29,30);2-3H2,1H3;1-2H3;;/q;;;;2*+1/p-4. The van der Waals surface area contributed by atoms with Gasteiger partial charge < -0.3 is 38.1 Å². The summed E-state index contributed by atoms with van der Waals surface area (Å²) < 4.78 is 155. The molecule has 5 aromatic carbocycles. The second-order valence-corrected chi connectivity index (χ2v) is 24.8. The van der Waals surface area contributed by atoms with Gasteiger partial charge in [-0.2, -0.15) is 0 Å². The van der Waals surface area contributed by atoms with Crippen LogP contribution < -0.4 is 80.9 Å². The van der Waals surface area contributed by atoms with Gasteiger partial charge in [0, 0.05) is 86.2 Å². The van der Waals surface area contributed by atoms with Crippen LogP contribution in [0.15, 0.2) is 190 Å². The summed E-state index contributed by atoms with van der Waals surface area (Å²) in [5.41, 5.74) is 13.4. The Labute approximate surface area is 546 Å². The number of aryl methyl sites for hydroxylation is 3. The third kappa shape index (κ3) is 16.3. The van der Waals surface area contributed by atoms with Gasteiger partial charge in [0.05, 0.1) is 36.3 Å². The fourth-order valence-corrected chi connectivity index (χ4v) is 12.5. The van der Waals surface area contributed by atoms with E-state index in [0.717, 1.165) is 47.1 Å². The smallest absolute Gasteiger partial charge is 0.744 e. The average Bonchev–Trinajstić information content (AvgIpc) is 0.973. The number of para-hydroxylation sites is 1. The predicted molar refractivity (Wildman–Crippen MR) is 321 cm³/mol. The molecule has 0 saturated heterocycles. The van der Waals surface area contributed by atoms with Crippen LogP contribution in [-0.4, -0.2) is 71.0 Å². The number of benzene rings is 7. The van der Waals surface area contributed by atoms with Crippen molar-refractivity contribution in [3.63, 3.8) is 0 Å². The second-order valence-electron chi connectivity index (χ2n) is 19.3. The molecule has 0 saturated carbocycles. The molecule has 86 heavy (non-hydrogen) atoms. The van der Waals surface area contributed by atoms with Crippen LogP contribution in [-0.2, 0) is 46.9 Å². The van der Waals surface area contributed by atoms with Crippen LogP contribution in [0.4, 0.5) is 11.4 Å². The molecule has 0 bridgehead atoms. The van der Waals surface area contributed by atoms with E-state index in [4.69, 9.17) is 19.6 Å². The van der Waals surface area contributed by atoms with Gasteiger partial charge in [0.2, 0.25) is 0 Å². The molecule has 0 spiro atoms. The number of nitrogens with one attached hydrogen (secondary N) is 1. The Kier molecular flexibility index (Phi) is 24.5. The molecule has 5 aromatic rings. The molecule has 2 aliphatic heterocycles. The van der Waals surface area contributed by atoms with E-state index in [1.165, 1.54) is 30.4 Å². The zero-order chi connectivity index (χ0) is 61.6. The molecule has 2 atom stereocenters. The van der Waals surface area contributed by atoms with E-state index in [9.17, 15) is 51.9 Å². The Bertz CT molecular complexity index is 4580. The maximum absolute atomic E-state index is 12.4. The van der Waals surface area contributed by atoms with Gasteiger partial charge in [0.15, 0.2) is 0 Å². The molecule has 0 radical (unpaired) electrons. The van der Waals surface area contributed by atoms with Crippen molar-refractivity contribution in [2.24, 2.45) is 21.6 Å². The topological polar surface area (TPSA) is 318 Å². The van der Waals surface area contributed by atoms with Gasteiger partial charge in [-0.05, 0) is 130 Å². The summed E-state index contributed by atoms with van der Waals surface area (Å²) in [4.78, 5) is 7.00. The molecule has 442 valence electrons. The van der Waals surface area contributed by atoms with E-state index in [1.807, 2.05) is 97.0 Å². The van der Waals surface area contributed by atoms with Gasteiger partial charge in [0.25, 0.3) is 0 Å². The minimum Gasteiger partial charge on any atom is -0.744 e. The molecular formula is C62H62N4Na2O14S4-2. The predicted octanol–water partition coefficient (Wildman–Crippen LogP) is 5.26. The summed E-state index contributed by atoms with van der Waals surface area (Å²) in [6, 6.07) is 35.8. The summed E-state index contributed by atoms with van der Waals surface area (Å²) in [6.45, 7) is 18.6. The van der Waals surface area contributed by atoms with E-state index in [-0.39, 0.29) is 86.0 Å². The summed E-state index contributed by atoms with van der Waals surface area (Å²) >= 11 is 0. The van der Waals surface area contributed by atoms with Crippen LogP contribution in [0, 0.1) is 19.8 Å². The number of nitrogens with zero attached hydrogens (tertiary/aromatic N) is 2. The molecular weight excluding hydrogens is 1200 g/mol. The van der Waals surface area contributed by atoms with E-state index < -0.39 is 56.3 Å². The van der Waals surface area contributed by atoms with Crippen molar-refractivity contribution >= 4 is 73.8 Å². The molecule has 3 N–H and O–H groups in total. The van der Waals surface area contributed by atoms with Crippen molar-refractivity contribution in [1.29, 1.82) is 0 Å². The van der Waals surface area contributed by atoms with E-state index in [0.29, 0.717) is 84.6 Å². The number of hydrogen-bond acceptors (Lipinski definition) is 18. The number of anilines is 2. The van der Waals surface area contributed by atoms with Crippen molar-refractivity contribution < 1.29 is 120 Å². The largest absolute Gasteiger partial charge is 1.00 e. The monoisotopic (exact) mass is 1260 g/mol. The molecule has 0 aromatic heterocycles. The minimum absolute atomic E-state index is 0. The quantitative estimate of drug-likeness (QED) is 0.0948. The van der Waals surface area contributed by atoms with E-state index in [1.54, 1.807) is 68.4 Å². The van der Waals surface area contributed by atoms with Crippen LogP contribution in [0.5, 0.6) is 0 Å². The Hall–Kier alpha value is -5.64. The van der Waals surface area contributed by atoms with E-state index in [2.05, 4.69) is 10.3 Å². The third-order valence-electron chi connectivity index (χ3n) is 13.5. The van der Waals surface area contributed by atoms with Gasteiger partial charge in [-0.1, -0.05) is 95.3 Å². The molecule has 2 unspecified atom stereocenters. The van der Waals surface area contributed by atoms with Gasteiger partial charge in [-0.15, -0.1) is 0 Å². The van der Waals surface area contributed by atoms with Crippen molar-refractivity contribution in [3.05, 3.63) is 183 Å². The number of rotatable bonds is 11. The van der Waals surface area contributed by atoms with Gasteiger partial charge in [-0.25, -0.2) is 33.7 Å². The van der Waals surface area contributed by atoms with Crippen LogP contribution in [0.25, 0.3) is 66.8 Å². The maximum Gasteiger partial charge on any atom is 1.00 e. The Morgan fingerprint density at radius 1 is 0.570 bits per heavy atom. The molecule has 0 fully saturated rings. The van der Waals surface area contributed by atoms with Crippen LogP contribution in [0.1, 0.15) is 65.2 Å². The molecule has 0 amide bonds. The first kappa shape index (κ1) is 71.1. The zero-order valence-corrected chi connectivity index (χ0v) is 56.7. The summed E-state index contributed by atoms with van der Waals surface area (Å²) in [5, 5.41) is 5.79.